The predicted octanol–water partition coefficient (Wildman–Crippen LogP) is 4.00. The first-order chi connectivity index (χ1) is 12.0. The molecule has 3 rings (SSSR count). The van der Waals surface area contributed by atoms with E-state index in [4.69, 9.17) is 0 Å². The second-order valence-electron chi connectivity index (χ2n) is 6.16. The van der Waals surface area contributed by atoms with E-state index in [2.05, 4.69) is 42.0 Å². The summed E-state index contributed by atoms with van der Waals surface area (Å²) in [6, 6.07) is 14.2. The van der Waals surface area contributed by atoms with E-state index in [1.165, 1.54) is 28.5 Å². The van der Waals surface area contributed by atoms with E-state index in [0.717, 1.165) is 15.9 Å². The van der Waals surface area contributed by atoms with Crippen LogP contribution in [0.15, 0.2) is 53.8 Å². The average molecular weight is 351 g/mol. The maximum absolute atomic E-state index is 12.5. The summed E-state index contributed by atoms with van der Waals surface area (Å²) in [7, 11) is 1.85. The van der Waals surface area contributed by atoms with Gasteiger partial charge in [0.25, 0.3) is 0 Å². The Kier molecular flexibility index (Phi) is 5.34. The Balaban J connectivity index is 1.65. The van der Waals surface area contributed by atoms with E-state index >= 15 is 0 Å². The first kappa shape index (κ1) is 17.4. The number of aryl methyl sites for hydroxylation is 2. The number of amides is 1. The summed E-state index contributed by atoms with van der Waals surface area (Å²) in [6.45, 7) is 4.78. The molecule has 1 heterocycles. The molecule has 0 fully saturated rings. The van der Waals surface area contributed by atoms with Crippen LogP contribution in [0.5, 0.6) is 0 Å². The molecule has 0 radical (unpaired) electrons. The lowest BCUT2D eigenvalue weighted by atomic mass is 10.1. The number of hydrogen-bond acceptors (Lipinski definition) is 4. The summed E-state index contributed by atoms with van der Waals surface area (Å²) in [5, 5.41) is 1.83. The molecule has 0 spiro atoms. The summed E-state index contributed by atoms with van der Waals surface area (Å²) >= 11 is 1.46. The fourth-order valence-corrected chi connectivity index (χ4v) is 3.63. The Labute approximate surface area is 152 Å². The fourth-order valence-electron chi connectivity index (χ4n) is 2.70. The highest BCUT2D eigenvalue weighted by molar-refractivity contribution is 8.00. The molecule has 25 heavy (non-hydrogen) atoms. The number of rotatable bonds is 5. The van der Waals surface area contributed by atoms with Crippen LogP contribution in [0.2, 0.25) is 0 Å². The van der Waals surface area contributed by atoms with Gasteiger partial charge in [-0.1, -0.05) is 53.7 Å². The minimum absolute atomic E-state index is 0.0904. The molecule has 0 aliphatic rings. The first-order valence-corrected chi connectivity index (χ1v) is 9.16. The van der Waals surface area contributed by atoms with Crippen molar-refractivity contribution in [1.29, 1.82) is 0 Å². The fraction of sp³-hybridized carbons (Fsp3) is 0.250. The van der Waals surface area contributed by atoms with Crippen molar-refractivity contribution in [3.8, 4) is 0 Å². The van der Waals surface area contributed by atoms with Gasteiger partial charge in [-0.3, -0.25) is 4.79 Å². The van der Waals surface area contributed by atoms with Crippen molar-refractivity contribution in [2.45, 2.75) is 25.4 Å². The smallest absolute Gasteiger partial charge is 0.233 e. The Morgan fingerprint density at radius 1 is 1.12 bits per heavy atom. The molecule has 0 N–H and O–H groups in total. The van der Waals surface area contributed by atoms with Gasteiger partial charge < -0.3 is 4.90 Å². The number of fused-ring (bicyclic) bond motifs is 1. The van der Waals surface area contributed by atoms with Crippen LogP contribution < -0.4 is 0 Å². The molecule has 0 aliphatic heterocycles. The molecule has 3 aromatic rings. The zero-order valence-corrected chi connectivity index (χ0v) is 15.5. The molecule has 0 saturated carbocycles. The number of hydrogen-bond donors (Lipinski definition) is 0. The third-order valence-corrected chi connectivity index (χ3v) is 5.16. The molecule has 2 aromatic carbocycles. The molecule has 5 heteroatoms. The summed E-state index contributed by atoms with van der Waals surface area (Å²) in [6.07, 6.45) is 1.55. The van der Waals surface area contributed by atoms with Crippen LogP contribution >= 0.6 is 11.8 Å². The van der Waals surface area contributed by atoms with Crippen molar-refractivity contribution in [3.63, 3.8) is 0 Å². The highest BCUT2D eigenvalue weighted by atomic mass is 32.2. The zero-order valence-electron chi connectivity index (χ0n) is 14.7. The lowest BCUT2D eigenvalue weighted by Gasteiger charge is -2.18. The van der Waals surface area contributed by atoms with Crippen LogP contribution in [0, 0.1) is 13.8 Å². The monoisotopic (exact) mass is 351 g/mol. The van der Waals surface area contributed by atoms with Gasteiger partial charge in [-0.25, -0.2) is 9.97 Å². The quantitative estimate of drug-likeness (QED) is 0.515. The molecule has 0 aliphatic carbocycles. The van der Waals surface area contributed by atoms with Crippen molar-refractivity contribution in [1.82, 2.24) is 14.9 Å². The molecular weight excluding hydrogens is 330 g/mol. The van der Waals surface area contributed by atoms with Gasteiger partial charge in [0.05, 0.1) is 11.3 Å². The van der Waals surface area contributed by atoms with Gasteiger partial charge in [0, 0.05) is 19.0 Å². The van der Waals surface area contributed by atoms with Gasteiger partial charge in [-0.05, 0) is 31.0 Å². The van der Waals surface area contributed by atoms with Crippen LogP contribution in [0.25, 0.3) is 10.9 Å². The minimum Gasteiger partial charge on any atom is -0.341 e. The van der Waals surface area contributed by atoms with E-state index in [9.17, 15) is 4.79 Å². The molecule has 0 atom stereocenters. The van der Waals surface area contributed by atoms with Crippen molar-refractivity contribution >= 4 is 28.6 Å². The Bertz CT molecular complexity index is 905. The van der Waals surface area contributed by atoms with Gasteiger partial charge in [0.2, 0.25) is 5.91 Å². The van der Waals surface area contributed by atoms with Crippen LogP contribution in [0.1, 0.15) is 16.7 Å². The number of thioether (sulfide) groups is 1. The predicted molar refractivity (Wildman–Crippen MR) is 103 cm³/mol. The molecule has 1 amide bonds. The van der Waals surface area contributed by atoms with Crippen molar-refractivity contribution in [2.75, 3.05) is 12.8 Å². The van der Waals surface area contributed by atoms with Gasteiger partial charge >= 0.3 is 0 Å². The van der Waals surface area contributed by atoms with E-state index in [0.29, 0.717) is 12.3 Å². The third kappa shape index (κ3) is 4.17. The highest BCUT2D eigenvalue weighted by Gasteiger charge is 2.13. The third-order valence-electron chi connectivity index (χ3n) is 4.17. The molecule has 1 aromatic heterocycles. The topological polar surface area (TPSA) is 46.1 Å². The van der Waals surface area contributed by atoms with Gasteiger partial charge in [0.15, 0.2) is 0 Å². The van der Waals surface area contributed by atoms with E-state index < -0.39 is 0 Å². The maximum atomic E-state index is 12.5. The van der Waals surface area contributed by atoms with Gasteiger partial charge in [-0.2, -0.15) is 0 Å². The van der Waals surface area contributed by atoms with E-state index in [1.807, 2.05) is 31.3 Å². The van der Waals surface area contributed by atoms with E-state index in [-0.39, 0.29) is 5.91 Å². The standard InChI is InChI=1S/C20H21N3OS/c1-14-8-9-16(15(2)10-14)11-23(3)19(24)12-25-20-17-6-4-5-7-18(17)21-13-22-20/h4-10,13H,11-12H2,1-3H3. The van der Waals surface area contributed by atoms with E-state index in [1.54, 1.807) is 11.2 Å². The van der Waals surface area contributed by atoms with Crippen LogP contribution in [-0.2, 0) is 11.3 Å². The molecule has 0 bridgehead atoms. The number of carbonyl (C=O) groups is 1. The Morgan fingerprint density at radius 3 is 2.72 bits per heavy atom. The number of benzene rings is 2. The van der Waals surface area contributed by atoms with Gasteiger partial charge in [0.1, 0.15) is 11.4 Å². The van der Waals surface area contributed by atoms with Crippen LogP contribution in [0.3, 0.4) is 0 Å². The van der Waals surface area contributed by atoms with Crippen molar-refractivity contribution < 1.29 is 4.79 Å². The lowest BCUT2D eigenvalue weighted by molar-refractivity contribution is -0.127. The first-order valence-electron chi connectivity index (χ1n) is 8.17. The van der Waals surface area contributed by atoms with Gasteiger partial charge in [-0.15, -0.1) is 0 Å². The zero-order chi connectivity index (χ0) is 17.8. The normalized spacial score (nSPS) is 10.8. The molecule has 4 nitrogen and oxygen atoms in total. The minimum atomic E-state index is 0.0904. The Morgan fingerprint density at radius 2 is 1.92 bits per heavy atom. The van der Waals surface area contributed by atoms with Crippen LogP contribution in [0.4, 0.5) is 0 Å². The maximum Gasteiger partial charge on any atom is 0.233 e. The van der Waals surface area contributed by atoms with Crippen molar-refractivity contribution in [3.05, 3.63) is 65.5 Å². The molecular formula is C20H21N3OS. The molecule has 128 valence electrons. The summed E-state index contributed by atoms with van der Waals surface area (Å²) in [4.78, 5) is 22.9. The Hall–Kier alpha value is -2.40. The second-order valence-corrected chi connectivity index (χ2v) is 7.13. The number of carbonyl (C=O) groups excluding carboxylic acids is 1. The molecule has 0 unspecified atom stereocenters. The lowest BCUT2D eigenvalue weighted by Crippen LogP contribution is -2.28. The summed E-state index contributed by atoms with van der Waals surface area (Å²) in [5.41, 5.74) is 4.53. The largest absolute Gasteiger partial charge is 0.341 e. The SMILES string of the molecule is Cc1ccc(CN(C)C(=O)CSc2ncnc3ccccc23)c(C)c1. The number of aromatic nitrogens is 2. The highest BCUT2D eigenvalue weighted by Crippen LogP contribution is 2.24. The summed E-state index contributed by atoms with van der Waals surface area (Å²) < 4.78 is 0. The number of para-hydroxylation sites is 1. The average Bonchev–Trinajstić information content (AvgIpc) is 2.61. The van der Waals surface area contributed by atoms with Crippen LogP contribution in [-0.4, -0.2) is 33.6 Å². The number of nitrogens with zero attached hydrogens (tertiary/aromatic N) is 3. The molecule has 0 saturated heterocycles. The van der Waals surface area contributed by atoms with Crippen molar-refractivity contribution in [2.24, 2.45) is 0 Å². The second kappa shape index (κ2) is 7.66. The summed E-state index contributed by atoms with van der Waals surface area (Å²) in [5.74, 6) is 0.454.